The zero-order valence-electron chi connectivity index (χ0n) is 17.9. The lowest BCUT2D eigenvalue weighted by atomic mass is 9.96. The summed E-state index contributed by atoms with van der Waals surface area (Å²) in [5.41, 5.74) is 0.768. The number of rotatable bonds is 4. The Morgan fingerprint density at radius 2 is 2.03 bits per heavy atom. The van der Waals surface area contributed by atoms with Gasteiger partial charge in [-0.1, -0.05) is 42.4 Å². The quantitative estimate of drug-likeness (QED) is 0.318. The molecule has 1 atom stereocenters. The Balaban J connectivity index is 1.62. The molecule has 1 saturated heterocycles. The van der Waals surface area contributed by atoms with E-state index in [1.165, 1.54) is 12.1 Å². The van der Waals surface area contributed by atoms with Gasteiger partial charge in [-0.15, -0.1) is 0 Å². The number of halogens is 2. The Morgan fingerprint density at radius 1 is 1.24 bits per heavy atom. The second kappa shape index (κ2) is 8.70. The fraction of sp³-hybridized carbons (Fsp3) is 0.160. The van der Waals surface area contributed by atoms with E-state index >= 15 is 4.39 Å². The van der Waals surface area contributed by atoms with Crippen LogP contribution in [0.3, 0.4) is 0 Å². The molecular weight excluding hydrogens is 477 g/mol. The molecule has 0 saturated carbocycles. The van der Waals surface area contributed by atoms with Gasteiger partial charge >= 0.3 is 0 Å². The van der Waals surface area contributed by atoms with Crippen molar-refractivity contribution in [2.45, 2.75) is 6.04 Å². The molecule has 1 amide bonds. The van der Waals surface area contributed by atoms with Gasteiger partial charge in [0.15, 0.2) is 5.82 Å². The van der Waals surface area contributed by atoms with Gasteiger partial charge in [-0.05, 0) is 52.1 Å². The van der Waals surface area contributed by atoms with Crippen LogP contribution in [0.15, 0.2) is 55.1 Å². The number of fused-ring (bicyclic) bond motifs is 2. The van der Waals surface area contributed by atoms with Crippen LogP contribution < -0.4 is 4.90 Å². The largest absolute Gasteiger partial charge is 0.508 e. The lowest BCUT2D eigenvalue weighted by Crippen LogP contribution is -2.55. The van der Waals surface area contributed by atoms with Crippen molar-refractivity contribution in [2.24, 2.45) is 0 Å². The molecular formula is C25H19ClFN3O3S. The number of aromatic hydroxyl groups is 1. The van der Waals surface area contributed by atoms with Gasteiger partial charge in [-0.2, -0.15) is 4.37 Å². The maximum absolute atomic E-state index is 15.9. The third-order valence-electron chi connectivity index (χ3n) is 6.08. The molecule has 0 aliphatic carbocycles. The lowest BCUT2D eigenvalue weighted by molar-refractivity contribution is -0.127. The summed E-state index contributed by atoms with van der Waals surface area (Å²) in [7, 11) is 0. The highest BCUT2D eigenvalue weighted by Crippen LogP contribution is 2.44. The first-order chi connectivity index (χ1) is 16.4. The van der Waals surface area contributed by atoms with E-state index in [4.69, 9.17) is 11.6 Å². The number of hydrogen-bond acceptors (Lipinski definition) is 6. The first kappa shape index (κ1) is 22.3. The van der Waals surface area contributed by atoms with Crippen LogP contribution in [0.1, 0.15) is 0 Å². The van der Waals surface area contributed by atoms with Crippen LogP contribution in [-0.2, 0) is 9.59 Å². The normalized spacial score (nSPS) is 16.2. The number of amides is 1. The molecule has 0 spiro atoms. The monoisotopic (exact) mass is 495 g/mol. The van der Waals surface area contributed by atoms with Crippen LogP contribution >= 0.6 is 23.1 Å². The van der Waals surface area contributed by atoms with Crippen molar-refractivity contribution >= 4 is 62.0 Å². The standard InChI is InChI=1S/C25H19ClFN3O3S/c1-2-21(33)29-7-8-30(15(12-29)13-31)25-19-11-20(26)22(23(27)24(19)28-34-25)18-10-16(32)9-14-5-3-4-6-17(14)18/h2-6,9-11,13,15,32H,1,7-8,12H2. The molecule has 1 unspecified atom stereocenters. The van der Waals surface area contributed by atoms with Crippen molar-refractivity contribution in [3.8, 4) is 16.9 Å². The average Bonchev–Trinajstić information content (AvgIpc) is 3.26. The summed E-state index contributed by atoms with van der Waals surface area (Å²) in [4.78, 5) is 27.2. The van der Waals surface area contributed by atoms with Crippen molar-refractivity contribution < 1.29 is 19.1 Å². The van der Waals surface area contributed by atoms with E-state index in [-0.39, 0.29) is 34.3 Å². The van der Waals surface area contributed by atoms with Crippen LogP contribution in [0.25, 0.3) is 32.8 Å². The van der Waals surface area contributed by atoms with Crippen molar-refractivity contribution in [3.63, 3.8) is 0 Å². The van der Waals surface area contributed by atoms with Crippen LogP contribution in [0, 0.1) is 5.82 Å². The second-order valence-corrected chi connectivity index (χ2v) is 9.19. The van der Waals surface area contributed by atoms with E-state index in [9.17, 15) is 14.7 Å². The summed E-state index contributed by atoms with van der Waals surface area (Å²) in [5, 5.41) is 13.0. The summed E-state index contributed by atoms with van der Waals surface area (Å²) < 4.78 is 20.2. The van der Waals surface area contributed by atoms with E-state index in [0.717, 1.165) is 28.6 Å². The number of phenols is 1. The van der Waals surface area contributed by atoms with Gasteiger partial charge in [-0.3, -0.25) is 4.79 Å². The molecule has 1 aromatic heterocycles. The number of anilines is 1. The van der Waals surface area contributed by atoms with Crippen LogP contribution in [-0.4, -0.2) is 52.2 Å². The molecule has 0 radical (unpaired) electrons. The van der Waals surface area contributed by atoms with Crippen molar-refractivity contribution in [3.05, 3.63) is 66.0 Å². The fourth-order valence-corrected chi connectivity index (χ4v) is 5.70. The zero-order valence-corrected chi connectivity index (χ0v) is 19.4. The highest BCUT2D eigenvalue weighted by atomic mass is 35.5. The zero-order chi connectivity index (χ0) is 24.0. The number of carbonyl (C=O) groups excluding carboxylic acids is 2. The summed E-state index contributed by atoms with van der Waals surface area (Å²) in [6.07, 6.45) is 2.00. The van der Waals surface area contributed by atoms with Crippen molar-refractivity contribution in [2.75, 3.05) is 24.5 Å². The Bertz CT molecular complexity index is 1470. The van der Waals surface area contributed by atoms with Gasteiger partial charge < -0.3 is 19.7 Å². The minimum absolute atomic E-state index is 0.00370. The van der Waals surface area contributed by atoms with Crippen molar-refractivity contribution in [1.29, 1.82) is 0 Å². The molecule has 6 nitrogen and oxygen atoms in total. The van der Waals surface area contributed by atoms with Crippen molar-refractivity contribution in [1.82, 2.24) is 9.27 Å². The summed E-state index contributed by atoms with van der Waals surface area (Å²) in [6, 6.07) is 11.5. The van der Waals surface area contributed by atoms with Gasteiger partial charge in [0.1, 0.15) is 28.6 Å². The number of piperazine rings is 1. The topological polar surface area (TPSA) is 73.7 Å². The minimum Gasteiger partial charge on any atom is -0.508 e. The molecule has 0 bridgehead atoms. The molecule has 2 heterocycles. The van der Waals surface area contributed by atoms with Gasteiger partial charge in [0.05, 0.1) is 5.02 Å². The Morgan fingerprint density at radius 3 is 2.79 bits per heavy atom. The molecule has 1 fully saturated rings. The average molecular weight is 496 g/mol. The van der Waals surface area contributed by atoms with E-state index < -0.39 is 11.9 Å². The number of aldehydes is 1. The number of hydrogen-bond donors (Lipinski definition) is 1. The molecule has 34 heavy (non-hydrogen) atoms. The van der Waals surface area contributed by atoms with Gasteiger partial charge in [0.2, 0.25) is 5.91 Å². The predicted octanol–water partition coefficient (Wildman–Crippen LogP) is 5.02. The fourth-order valence-electron chi connectivity index (χ4n) is 4.46. The highest BCUT2D eigenvalue weighted by Gasteiger charge is 2.32. The lowest BCUT2D eigenvalue weighted by Gasteiger charge is -2.39. The van der Waals surface area contributed by atoms with Crippen LogP contribution in [0.4, 0.5) is 9.39 Å². The number of carbonyl (C=O) groups is 2. The Hall–Kier alpha value is -3.49. The smallest absolute Gasteiger partial charge is 0.246 e. The first-order valence-corrected chi connectivity index (χ1v) is 11.7. The third-order valence-corrected chi connectivity index (χ3v) is 7.28. The van der Waals surface area contributed by atoms with E-state index in [0.29, 0.717) is 29.0 Å². The molecule has 1 aliphatic heterocycles. The first-order valence-electron chi connectivity index (χ1n) is 10.6. The summed E-state index contributed by atoms with van der Waals surface area (Å²) in [6.45, 7) is 4.49. The molecule has 172 valence electrons. The molecule has 5 rings (SSSR count). The van der Waals surface area contributed by atoms with E-state index in [1.807, 2.05) is 29.2 Å². The molecule has 4 aromatic rings. The molecule has 1 aliphatic rings. The maximum atomic E-state index is 15.9. The van der Waals surface area contributed by atoms with Gasteiger partial charge in [0, 0.05) is 30.6 Å². The van der Waals surface area contributed by atoms with Gasteiger partial charge in [0.25, 0.3) is 0 Å². The minimum atomic E-state index is -0.599. The third kappa shape index (κ3) is 3.59. The number of aromatic nitrogens is 1. The highest BCUT2D eigenvalue weighted by molar-refractivity contribution is 7.11. The predicted molar refractivity (Wildman–Crippen MR) is 133 cm³/mol. The Labute approximate surface area is 203 Å². The maximum Gasteiger partial charge on any atom is 0.246 e. The number of benzene rings is 3. The second-order valence-electron chi connectivity index (χ2n) is 8.03. The summed E-state index contributed by atoms with van der Waals surface area (Å²) in [5.74, 6) is -0.828. The van der Waals surface area contributed by atoms with E-state index in [2.05, 4.69) is 11.0 Å². The summed E-state index contributed by atoms with van der Waals surface area (Å²) >= 11 is 7.70. The van der Waals surface area contributed by atoms with Crippen LogP contribution in [0.5, 0.6) is 5.75 Å². The Kier molecular flexibility index (Phi) is 5.71. The van der Waals surface area contributed by atoms with Gasteiger partial charge in [-0.25, -0.2) is 4.39 Å². The number of phenolic OH excluding ortho intramolecular Hbond substituents is 1. The molecule has 3 aromatic carbocycles. The van der Waals surface area contributed by atoms with Crippen LogP contribution in [0.2, 0.25) is 5.02 Å². The number of nitrogens with zero attached hydrogens (tertiary/aromatic N) is 3. The van der Waals surface area contributed by atoms with E-state index in [1.54, 1.807) is 17.0 Å². The molecule has 9 heteroatoms. The SMILES string of the molecule is C=CC(=O)N1CCN(c2snc3c(F)c(-c4cc(O)cc5ccccc45)c(Cl)cc23)C(C=O)C1. The molecule has 1 N–H and O–H groups in total.